The second kappa shape index (κ2) is 5.31. The third-order valence-corrected chi connectivity index (χ3v) is 3.28. The molecule has 1 aromatic rings. The van der Waals surface area contributed by atoms with E-state index in [1.807, 2.05) is 0 Å². The SMILES string of the molecule is CCc1c(N)ncnc1N1CCOCC1CC. The lowest BCUT2D eigenvalue weighted by Crippen LogP contribution is -2.46. The highest BCUT2D eigenvalue weighted by Gasteiger charge is 2.25. The molecule has 0 aromatic carbocycles. The van der Waals surface area contributed by atoms with Gasteiger partial charge in [-0.05, 0) is 12.8 Å². The van der Waals surface area contributed by atoms with Gasteiger partial charge in [-0.2, -0.15) is 0 Å². The Labute approximate surface area is 102 Å². The molecule has 0 spiro atoms. The second-order valence-electron chi connectivity index (χ2n) is 4.25. The van der Waals surface area contributed by atoms with E-state index < -0.39 is 0 Å². The van der Waals surface area contributed by atoms with Crippen LogP contribution in [0.5, 0.6) is 0 Å². The highest BCUT2D eigenvalue weighted by Crippen LogP contribution is 2.26. The van der Waals surface area contributed by atoms with Crippen LogP contribution < -0.4 is 10.6 Å². The third kappa shape index (κ3) is 2.34. The number of nitrogen functional groups attached to an aromatic ring is 1. The van der Waals surface area contributed by atoms with Crippen molar-refractivity contribution in [2.45, 2.75) is 32.7 Å². The summed E-state index contributed by atoms with van der Waals surface area (Å²) in [6, 6.07) is 0.392. The molecule has 0 aliphatic carbocycles. The van der Waals surface area contributed by atoms with E-state index in [1.54, 1.807) is 6.33 Å². The minimum Gasteiger partial charge on any atom is -0.383 e. The number of aromatic nitrogens is 2. The van der Waals surface area contributed by atoms with Gasteiger partial charge in [-0.15, -0.1) is 0 Å². The first-order valence-corrected chi connectivity index (χ1v) is 6.21. The van der Waals surface area contributed by atoms with Crippen molar-refractivity contribution in [2.75, 3.05) is 30.4 Å². The van der Waals surface area contributed by atoms with E-state index >= 15 is 0 Å². The summed E-state index contributed by atoms with van der Waals surface area (Å²) in [5.41, 5.74) is 6.97. The molecule has 1 aliphatic rings. The van der Waals surface area contributed by atoms with Crippen LogP contribution in [0.4, 0.5) is 11.6 Å². The molecule has 0 amide bonds. The van der Waals surface area contributed by atoms with Gasteiger partial charge >= 0.3 is 0 Å². The summed E-state index contributed by atoms with van der Waals surface area (Å²) in [5, 5.41) is 0. The minimum absolute atomic E-state index is 0.392. The van der Waals surface area contributed by atoms with Crippen LogP contribution in [0.3, 0.4) is 0 Å². The number of rotatable bonds is 3. The Morgan fingerprint density at radius 2 is 2.29 bits per heavy atom. The minimum atomic E-state index is 0.392. The fourth-order valence-electron chi connectivity index (χ4n) is 2.27. The molecule has 0 saturated carbocycles. The molecule has 5 heteroatoms. The van der Waals surface area contributed by atoms with Crippen molar-refractivity contribution >= 4 is 11.6 Å². The monoisotopic (exact) mass is 236 g/mol. The molecule has 1 fully saturated rings. The van der Waals surface area contributed by atoms with E-state index in [-0.39, 0.29) is 0 Å². The van der Waals surface area contributed by atoms with Crippen LogP contribution in [-0.2, 0) is 11.2 Å². The van der Waals surface area contributed by atoms with Crippen LogP contribution in [0.25, 0.3) is 0 Å². The number of anilines is 2. The highest BCUT2D eigenvalue weighted by atomic mass is 16.5. The average molecular weight is 236 g/mol. The second-order valence-corrected chi connectivity index (χ2v) is 4.25. The standard InChI is InChI=1S/C12H20N4O/c1-3-9-7-17-6-5-16(9)12-10(4-2)11(13)14-8-15-12/h8-9H,3-7H2,1-2H3,(H2,13,14,15). The van der Waals surface area contributed by atoms with Crippen LogP contribution in [0, 0.1) is 0 Å². The van der Waals surface area contributed by atoms with Gasteiger partial charge in [-0.25, -0.2) is 9.97 Å². The van der Waals surface area contributed by atoms with Gasteiger partial charge in [0.15, 0.2) is 0 Å². The zero-order valence-electron chi connectivity index (χ0n) is 10.5. The lowest BCUT2D eigenvalue weighted by molar-refractivity contribution is 0.0925. The van der Waals surface area contributed by atoms with Crippen molar-refractivity contribution in [3.8, 4) is 0 Å². The molecule has 2 heterocycles. The van der Waals surface area contributed by atoms with Gasteiger partial charge in [-0.3, -0.25) is 0 Å². The number of nitrogens with two attached hydrogens (primary N) is 1. The number of morpholine rings is 1. The summed E-state index contributed by atoms with van der Waals surface area (Å²) in [4.78, 5) is 10.8. The summed E-state index contributed by atoms with van der Waals surface area (Å²) < 4.78 is 5.51. The van der Waals surface area contributed by atoms with E-state index in [2.05, 4.69) is 28.7 Å². The predicted octanol–water partition coefficient (Wildman–Crippen LogP) is 1.24. The van der Waals surface area contributed by atoms with Crippen molar-refractivity contribution in [3.63, 3.8) is 0 Å². The molecule has 1 atom stereocenters. The molecule has 2 N–H and O–H groups in total. The van der Waals surface area contributed by atoms with E-state index in [1.165, 1.54) is 0 Å². The Kier molecular flexibility index (Phi) is 3.78. The Bertz CT molecular complexity index is 383. The quantitative estimate of drug-likeness (QED) is 0.855. The largest absolute Gasteiger partial charge is 0.383 e. The predicted molar refractivity (Wildman–Crippen MR) is 68.1 cm³/mol. The van der Waals surface area contributed by atoms with Gasteiger partial charge in [0.1, 0.15) is 18.0 Å². The topological polar surface area (TPSA) is 64.3 Å². The highest BCUT2D eigenvalue weighted by molar-refractivity contribution is 5.57. The molecule has 2 rings (SSSR count). The first-order valence-electron chi connectivity index (χ1n) is 6.21. The van der Waals surface area contributed by atoms with Gasteiger partial charge in [0.05, 0.1) is 19.3 Å². The first-order chi connectivity index (χ1) is 8.27. The molecule has 1 unspecified atom stereocenters. The van der Waals surface area contributed by atoms with Crippen LogP contribution in [-0.4, -0.2) is 35.8 Å². The molecular formula is C12H20N4O. The molecular weight excluding hydrogens is 216 g/mol. The summed E-state index contributed by atoms with van der Waals surface area (Å²) in [6.07, 6.45) is 3.45. The van der Waals surface area contributed by atoms with Crippen molar-refractivity contribution in [2.24, 2.45) is 0 Å². The van der Waals surface area contributed by atoms with Crippen LogP contribution >= 0.6 is 0 Å². The Balaban J connectivity index is 2.34. The number of hydrogen-bond acceptors (Lipinski definition) is 5. The summed E-state index contributed by atoms with van der Waals surface area (Å²) in [6.45, 7) is 6.65. The van der Waals surface area contributed by atoms with Gasteiger partial charge in [-0.1, -0.05) is 13.8 Å². The lowest BCUT2D eigenvalue weighted by atomic mass is 10.1. The molecule has 0 bridgehead atoms. The maximum absolute atomic E-state index is 5.92. The molecule has 1 aromatic heterocycles. The summed E-state index contributed by atoms with van der Waals surface area (Å²) in [5.74, 6) is 1.58. The molecule has 1 aliphatic heterocycles. The maximum atomic E-state index is 5.92. The number of hydrogen-bond donors (Lipinski definition) is 1. The molecule has 0 radical (unpaired) electrons. The van der Waals surface area contributed by atoms with E-state index in [0.29, 0.717) is 11.9 Å². The third-order valence-electron chi connectivity index (χ3n) is 3.28. The van der Waals surface area contributed by atoms with Gasteiger partial charge < -0.3 is 15.4 Å². The van der Waals surface area contributed by atoms with Crippen LogP contribution in [0.2, 0.25) is 0 Å². The fourth-order valence-corrected chi connectivity index (χ4v) is 2.27. The molecule has 94 valence electrons. The Morgan fingerprint density at radius 1 is 1.47 bits per heavy atom. The van der Waals surface area contributed by atoms with E-state index in [4.69, 9.17) is 10.5 Å². The van der Waals surface area contributed by atoms with Crippen LogP contribution in [0.1, 0.15) is 25.8 Å². The van der Waals surface area contributed by atoms with Crippen molar-refractivity contribution in [3.05, 3.63) is 11.9 Å². The zero-order chi connectivity index (χ0) is 12.3. The van der Waals surface area contributed by atoms with Crippen LogP contribution in [0.15, 0.2) is 6.33 Å². The van der Waals surface area contributed by atoms with E-state index in [0.717, 1.165) is 44.0 Å². The van der Waals surface area contributed by atoms with E-state index in [9.17, 15) is 0 Å². The Hall–Kier alpha value is -1.36. The van der Waals surface area contributed by atoms with Crippen molar-refractivity contribution in [1.29, 1.82) is 0 Å². The molecule has 17 heavy (non-hydrogen) atoms. The fraction of sp³-hybridized carbons (Fsp3) is 0.667. The van der Waals surface area contributed by atoms with Gasteiger partial charge in [0.2, 0.25) is 0 Å². The van der Waals surface area contributed by atoms with Crippen molar-refractivity contribution in [1.82, 2.24) is 9.97 Å². The number of nitrogens with zero attached hydrogens (tertiary/aromatic N) is 3. The Morgan fingerprint density at radius 3 is 3.00 bits per heavy atom. The van der Waals surface area contributed by atoms with Gasteiger partial charge in [0.25, 0.3) is 0 Å². The summed E-state index contributed by atoms with van der Waals surface area (Å²) >= 11 is 0. The smallest absolute Gasteiger partial charge is 0.137 e. The lowest BCUT2D eigenvalue weighted by Gasteiger charge is -2.37. The average Bonchev–Trinajstić information content (AvgIpc) is 2.38. The molecule has 5 nitrogen and oxygen atoms in total. The van der Waals surface area contributed by atoms with Gasteiger partial charge in [0, 0.05) is 12.1 Å². The normalized spacial score (nSPS) is 20.6. The molecule has 1 saturated heterocycles. The summed E-state index contributed by atoms with van der Waals surface area (Å²) in [7, 11) is 0. The number of ether oxygens (including phenoxy) is 1. The van der Waals surface area contributed by atoms with Crippen molar-refractivity contribution < 1.29 is 4.74 Å². The zero-order valence-corrected chi connectivity index (χ0v) is 10.5. The first kappa shape index (κ1) is 12.1. The maximum Gasteiger partial charge on any atom is 0.137 e.